The van der Waals surface area contributed by atoms with Gasteiger partial charge in [-0.3, -0.25) is 4.98 Å². The van der Waals surface area contributed by atoms with E-state index in [2.05, 4.69) is 25.6 Å². The Morgan fingerprint density at radius 1 is 1.57 bits per heavy atom. The molecule has 3 atom stereocenters. The van der Waals surface area contributed by atoms with Gasteiger partial charge >= 0.3 is 0 Å². The third-order valence-corrected chi connectivity index (χ3v) is 2.70. The highest BCUT2D eigenvalue weighted by Gasteiger charge is 2.20. The predicted molar refractivity (Wildman–Crippen MR) is 59.2 cm³/mol. The van der Waals surface area contributed by atoms with Gasteiger partial charge in [-0.15, -0.1) is 9.24 Å². The molecule has 76 valence electrons. The van der Waals surface area contributed by atoms with Gasteiger partial charge in [0.1, 0.15) is 0 Å². The summed E-state index contributed by atoms with van der Waals surface area (Å²) in [7, 11) is 2.69. The van der Waals surface area contributed by atoms with Crippen molar-refractivity contribution in [2.45, 2.75) is 18.9 Å². The first-order chi connectivity index (χ1) is 6.75. The van der Waals surface area contributed by atoms with E-state index in [0.717, 1.165) is 18.8 Å². The van der Waals surface area contributed by atoms with Crippen LogP contribution < -0.4 is 5.32 Å². The third-order valence-electron chi connectivity index (χ3n) is 2.31. The number of pyridine rings is 1. The SMILES string of the molecule is Cc1cc(C2CNCC(P)O2)ccn1. The first-order valence-electron chi connectivity index (χ1n) is 4.80. The molecular formula is C10H15N2OP. The fraction of sp³-hybridized carbons (Fsp3) is 0.500. The molecule has 0 aliphatic carbocycles. The van der Waals surface area contributed by atoms with Gasteiger partial charge in [0.25, 0.3) is 0 Å². The van der Waals surface area contributed by atoms with Crippen LogP contribution in [0.2, 0.25) is 0 Å². The highest BCUT2D eigenvalue weighted by Crippen LogP contribution is 2.23. The van der Waals surface area contributed by atoms with E-state index in [0.29, 0.717) is 0 Å². The highest BCUT2D eigenvalue weighted by molar-refractivity contribution is 7.17. The number of morpholine rings is 1. The summed E-state index contributed by atoms with van der Waals surface area (Å²) in [4.78, 5) is 4.17. The largest absolute Gasteiger partial charge is 0.364 e. The first kappa shape index (κ1) is 10.0. The van der Waals surface area contributed by atoms with Gasteiger partial charge in [-0.25, -0.2) is 0 Å². The van der Waals surface area contributed by atoms with Crippen LogP contribution >= 0.6 is 9.24 Å². The maximum Gasteiger partial charge on any atom is 0.0959 e. The molecule has 1 aliphatic heterocycles. The Morgan fingerprint density at radius 2 is 2.43 bits per heavy atom. The lowest BCUT2D eigenvalue weighted by molar-refractivity contribution is 0.00703. The smallest absolute Gasteiger partial charge is 0.0959 e. The fourth-order valence-corrected chi connectivity index (χ4v) is 1.98. The maximum absolute atomic E-state index is 5.80. The molecule has 0 aromatic carbocycles. The quantitative estimate of drug-likeness (QED) is 0.708. The van der Waals surface area contributed by atoms with Crippen LogP contribution in [0.1, 0.15) is 17.4 Å². The number of aromatic nitrogens is 1. The van der Waals surface area contributed by atoms with E-state index in [9.17, 15) is 0 Å². The van der Waals surface area contributed by atoms with Crippen LogP contribution in [0.25, 0.3) is 0 Å². The zero-order valence-electron chi connectivity index (χ0n) is 8.23. The summed E-state index contributed by atoms with van der Waals surface area (Å²) in [5.41, 5.74) is 2.24. The van der Waals surface area contributed by atoms with Gasteiger partial charge < -0.3 is 10.1 Å². The average molecular weight is 210 g/mol. The molecule has 0 amide bonds. The molecule has 1 N–H and O–H groups in total. The molecule has 0 spiro atoms. The molecule has 0 saturated carbocycles. The Bertz CT molecular complexity index is 319. The van der Waals surface area contributed by atoms with Crippen LogP contribution in [0.4, 0.5) is 0 Å². The summed E-state index contributed by atoms with van der Waals surface area (Å²) in [6, 6.07) is 4.09. The zero-order chi connectivity index (χ0) is 9.97. The van der Waals surface area contributed by atoms with Crippen LogP contribution in [0, 0.1) is 6.92 Å². The number of nitrogens with one attached hydrogen (secondary N) is 1. The Hall–Kier alpha value is -0.500. The Labute approximate surface area is 86.5 Å². The topological polar surface area (TPSA) is 34.1 Å². The second kappa shape index (κ2) is 4.35. The van der Waals surface area contributed by atoms with Crippen LogP contribution in [-0.2, 0) is 4.74 Å². The average Bonchev–Trinajstić information content (AvgIpc) is 2.18. The van der Waals surface area contributed by atoms with Crippen LogP contribution in [0.15, 0.2) is 18.3 Å². The molecular weight excluding hydrogens is 195 g/mol. The molecule has 1 fully saturated rings. The van der Waals surface area contributed by atoms with Crippen molar-refractivity contribution in [1.82, 2.24) is 10.3 Å². The van der Waals surface area contributed by atoms with E-state index in [1.165, 1.54) is 5.56 Å². The van der Waals surface area contributed by atoms with E-state index in [4.69, 9.17) is 4.74 Å². The van der Waals surface area contributed by atoms with Crippen LogP contribution in [0.3, 0.4) is 0 Å². The number of hydrogen-bond acceptors (Lipinski definition) is 3. The molecule has 3 unspecified atom stereocenters. The number of nitrogens with zero attached hydrogens (tertiary/aromatic N) is 1. The summed E-state index contributed by atoms with van der Waals surface area (Å²) in [5, 5.41) is 3.34. The summed E-state index contributed by atoms with van der Waals surface area (Å²) >= 11 is 0. The lowest BCUT2D eigenvalue weighted by Gasteiger charge is -2.28. The van der Waals surface area contributed by atoms with Crippen LogP contribution in [0.5, 0.6) is 0 Å². The van der Waals surface area contributed by atoms with Crippen molar-refractivity contribution in [3.63, 3.8) is 0 Å². The van der Waals surface area contributed by atoms with Crippen LogP contribution in [-0.4, -0.2) is 23.9 Å². The van der Waals surface area contributed by atoms with Gasteiger partial charge in [-0.1, -0.05) is 0 Å². The Kier molecular flexibility index (Phi) is 3.12. The Balaban J connectivity index is 2.14. The van der Waals surface area contributed by atoms with Crippen molar-refractivity contribution in [2.75, 3.05) is 13.1 Å². The number of ether oxygens (including phenoxy) is 1. The number of aryl methyl sites for hydroxylation is 1. The normalized spacial score (nSPS) is 27.6. The van der Waals surface area contributed by atoms with E-state index >= 15 is 0 Å². The Morgan fingerprint density at radius 3 is 3.14 bits per heavy atom. The lowest BCUT2D eigenvalue weighted by atomic mass is 10.1. The highest BCUT2D eigenvalue weighted by atomic mass is 31.0. The molecule has 2 heterocycles. The molecule has 1 aliphatic rings. The second-order valence-electron chi connectivity index (χ2n) is 3.55. The molecule has 1 aromatic heterocycles. The van der Waals surface area contributed by atoms with Crippen molar-refractivity contribution in [2.24, 2.45) is 0 Å². The standard InChI is InChI=1S/C10H15N2OP/c1-7-4-8(2-3-12-7)9-5-11-6-10(14)13-9/h2-4,9-11H,5-6,14H2,1H3. The summed E-state index contributed by atoms with van der Waals surface area (Å²) < 4.78 is 5.80. The summed E-state index contributed by atoms with van der Waals surface area (Å²) in [6.45, 7) is 3.79. The third kappa shape index (κ3) is 2.30. The van der Waals surface area contributed by atoms with Gasteiger partial charge in [0, 0.05) is 25.0 Å². The molecule has 2 rings (SSSR count). The first-order valence-corrected chi connectivity index (χ1v) is 5.46. The van der Waals surface area contributed by atoms with Gasteiger partial charge in [0.15, 0.2) is 0 Å². The van der Waals surface area contributed by atoms with Gasteiger partial charge in [-0.05, 0) is 24.6 Å². The second-order valence-corrected chi connectivity index (χ2v) is 4.30. The molecule has 1 aromatic rings. The minimum atomic E-state index is 0.160. The van der Waals surface area contributed by atoms with E-state index in [1.807, 2.05) is 19.2 Å². The number of hydrogen-bond donors (Lipinski definition) is 1. The van der Waals surface area contributed by atoms with Crippen molar-refractivity contribution < 1.29 is 4.74 Å². The van der Waals surface area contributed by atoms with E-state index in [-0.39, 0.29) is 11.9 Å². The molecule has 4 heteroatoms. The molecule has 0 bridgehead atoms. The molecule has 14 heavy (non-hydrogen) atoms. The van der Waals surface area contributed by atoms with Gasteiger partial charge in [0.2, 0.25) is 0 Å². The predicted octanol–water partition coefficient (Wildman–Crippen LogP) is 1.25. The lowest BCUT2D eigenvalue weighted by Crippen LogP contribution is -2.37. The molecule has 3 nitrogen and oxygen atoms in total. The summed E-state index contributed by atoms with van der Waals surface area (Å²) in [5.74, 6) is 0.210. The maximum atomic E-state index is 5.80. The molecule has 1 saturated heterocycles. The fourth-order valence-electron chi connectivity index (χ4n) is 1.63. The minimum Gasteiger partial charge on any atom is -0.364 e. The van der Waals surface area contributed by atoms with Crippen molar-refractivity contribution >= 4 is 9.24 Å². The van der Waals surface area contributed by atoms with Crippen molar-refractivity contribution in [1.29, 1.82) is 0 Å². The summed E-state index contributed by atoms with van der Waals surface area (Å²) in [6.07, 6.45) is 1.99. The van der Waals surface area contributed by atoms with Gasteiger partial charge in [-0.2, -0.15) is 0 Å². The van der Waals surface area contributed by atoms with Crippen molar-refractivity contribution in [3.05, 3.63) is 29.6 Å². The monoisotopic (exact) mass is 210 g/mol. The minimum absolute atomic E-state index is 0.160. The zero-order valence-corrected chi connectivity index (χ0v) is 9.39. The van der Waals surface area contributed by atoms with Crippen molar-refractivity contribution in [3.8, 4) is 0 Å². The van der Waals surface area contributed by atoms with E-state index < -0.39 is 0 Å². The van der Waals surface area contributed by atoms with E-state index in [1.54, 1.807) is 0 Å². The number of rotatable bonds is 1. The molecule has 0 radical (unpaired) electrons. The van der Waals surface area contributed by atoms with Gasteiger partial charge in [0.05, 0.1) is 11.9 Å².